The van der Waals surface area contributed by atoms with Gasteiger partial charge in [-0.25, -0.2) is 0 Å². The van der Waals surface area contributed by atoms with E-state index in [1.807, 2.05) is 18.2 Å². The minimum absolute atomic E-state index is 0.185. The number of carbonyl (C=O) groups excluding carboxylic acids is 2. The van der Waals surface area contributed by atoms with Crippen LogP contribution in [0, 0.1) is 12.8 Å². The Morgan fingerprint density at radius 3 is 2.93 bits per heavy atom. The van der Waals surface area contributed by atoms with Gasteiger partial charge < -0.3 is 20.3 Å². The van der Waals surface area contributed by atoms with Crippen molar-refractivity contribution >= 4 is 22.7 Å². The molecule has 9 nitrogen and oxygen atoms in total. The fourth-order valence-electron chi connectivity index (χ4n) is 3.58. The van der Waals surface area contributed by atoms with Gasteiger partial charge in [0.25, 0.3) is 5.91 Å². The van der Waals surface area contributed by atoms with Crippen molar-refractivity contribution in [1.82, 2.24) is 26.0 Å². The van der Waals surface area contributed by atoms with E-state index < -0.39 is 12.1 Å². The average Bonchev–Trinajstić information content (AvgIpc) is 3.39. The summed E-state index contributed by atoms with van der Waals surface area (Å²) in [6.07, 6.45) is -0.151. The zero-order valence-corrected chi connectivity index (χ0v) is 15.3. The number of benzene rings is 1. The zero-order chi connectivity index (χ0) is 19.7. The van der Waals surface area contributed by atoms with Gasteiger partial charge in [0.2, 0.25) is 5.91 Å². The number of aromatic amines is 1. The molecule has 1 aliphatic carbocycles. The molecule has 2 heterocycles. The van der Waals surface area contributed by atoms with Crippen molar-refractivity contribution in [2.24, 2.45) is 5.92 Å². The molecule has 4 rings (SSSR count). The van der Waals surface area contributed by atoms with Gasteiger partial charge in [-0.2, -0.15) is 5.10 Å². The summed E-state index contributed by atoms with van der Waals surface area (Å²) < 4.78 is 5.07. The lowest BCUT2D eigenvalue weighted by Gasteiger charge is -2.15. The van der Waals surface area contributed by atoms with Crippen LogP contribution in [-0.4, -0.2) is 44.4 Å². The number of carbonyl (C=O) groups is 2. The van der Waals surface area contributed by atoms with Crippen LogP contribution in [0.1, 0.15) is 34.8 Å². The van der Waals surface area contributed by atoms with E-state index in [4.69, 9.17) is 4.52 Å². The largest absolute Gasteiger partial charge is 0.391 e. The number of aromatic nitrogens is 3. The number of para-hydroxylation sites is 1. The first-order valence-corrected chi connectivity index (χ1v) is 9.13. The first-order chi connectivity index (χ1) is 13.5. The second kappa shape index (κ2) is 7.43. The minimum atomic E-state index is -0.794. The predicted molar refractivity (Wildman–Crippen MR) is 99.2 cm³/mol. The third kappa shape index (κ3) is 3.61. The van der Waals surface area contributed by atoms with E-state index in [1.54, 1.807) is 19.1 Å². The Hall–Kier alpha value is -3.20. The number of hydrogen-bond donors (Lipinski definition) is 4. The van der Waals surface area contributed by atoms with Gasteiger partial charge in [0, 0.05) is 17.4 Å². The number of aliphatic hydroxyl groups is 1. The van der Waals surface area contributed by atoms with Gasteiger partial charge in [-0.15, -0.1) is 0 Å². The molecule has 146 valence electrons. The molecule has 28 heavy (non-hydrogen) atoms. The van der Waals surface area contributed by atoms with Gasteiger partial charge in [0.15, 0.2) is 11.5 Å². The summed E-state index contributed by atoms with van der Waals surface area (Å²) in [6.45, 7) is 2.04. The Kier molecular flexibility index (Phi) is 4.82. The van der Waals surface area contributed by atoms with Crippen LogP contribution < -0.4 is 10.6 Å². The molecular weight excluding hydrogens is 362 g/mol. The molecule has 0 bridgehead atoms. The molecule has 1 aromatic carbocycles. The number of nitrogens with zero attached hydrogens (tertiary/aromatic N) is 2. The number of rotatable bonds is 5. The van der Waals surface area contributed by atoms with Gasteiger partial charge in [0.1, 0.15) is 0 Å². The van der Waals surface area contributed by atoms with Crippen LogP contribution in [-0.2, 0) is 11.3 Å². The predicted octanol–water partition coefficient (Wildman–Crippen LogP) is 1.05. The van der Waals surface area contributed by atoms with E-state index in [-0.39, 0.29) is 36.4 Å². The molecule has 9 heteroatoms. The highest BCUT2D eigenvalue weighted by atomic mass is 16.5. The van der Waals surface area contributed by atoms with Crippen molar-refractivity contribution in [1.29, 1.82) is 0 Å². The van der Waals surface area contributed by atoms with Crippen molar-refractivity contribution < 1.29 is 19.2 Å². The second-order valence-electron chi connectivity index (χ2n) is 7.09. The quantitative estimate of drug-likeness (QED) is 0.520. The van der Waals surface area contributed by atoms with Crippen molar-refractivity contribution in [3.63, 3.8) is 0 Å². The van der Waals surface area contributed by atoms with E-state index in [0.29, 0.717) is 17.6 Å². The highest BCUT2D eigenvalue weighted by molar-refractivity contribution is 6.04. The lowest BCUT2D eigenvalue weighted by molar-refractivity contribution is -0.125. The molecule has 2 aromatic heterocycles. The topological polar surface area (TPSA) is 133 Å². The number of aryl methyl sites for hydroxylation is 1. The molecular formula is C19H21N5O4. The van der Waals surface area contributed by atoms with Gasteiger partial charge in [-0.3, -0.25) is 14.7 Å². The first kappa shape index (κ1) is 18.2. The molecule has 4 N–H and O–H groups in total. The van der Waals surface area contributed by atoms with E-state index in [0.717, 1.165) is 11.2 Å². The van der Waals surface area contributed by atoms with Gasteiger partial charge >= 0.3 is 0 Å². The number of H-pyrrole nitrogens is 1. The monoisotopic (exact) mass is 383 g/mol. The molecule has 0 spiro atoms. The average molecular weight is 383 g/mol. The molecule has 0 unspecified atom stereocenters. The lowest BCUT2D eigenvalue weighted by atomic mass is 10.1. The summed E-state index contributed by atoms with van der Waals surface area (Å²) >= 11 is 0. The second-order valence-corrected chi connectivity index (χ2v) is 7.09. The Labute approximate surface area is 160 Å². The first-order valence-electron chi connectivity index (χ1n) is 9.13. The summed E-state index contributed by atoms with van der Waals surface area (Å²) in [4.78, 5) is 25.0. The maximum Gasteiger partial charge on any atom is 0.272 e. The minimum Gasteiger partial charge on any atom is -0.391 e. The number of fused-ring (bicyclic) bond motifs is 1. The lowest BCUT2D eigenvalue weighted by Crippen LogP contribution is -2.40. The Morgan fingerprint density at radius 1 is 1.32 bits per heavy atom. The molecule has 1 saturated carbocycles. The Morgan fingerprint density at radius 2 is 2.14 bits per heavy atom. The van der Waals surface area contributed by atoms with Gasteiger partial charge in [0.05, 0.1) is 29.9 Å². The molecule has 1 aliphatic rings. The summed E-state index contributed by atoms with van der Waals surface area (Å²) in [5, 5.41) is 27.3. The standard InChI is InChI=1S/C19H21N5O4/c1-10-6-12(28-24-10)9-20-18(26)11-7-15(16(25)8-11)21-19(27)17-13-4-2-3-5-14(13)22-23-17/h2-6,11,15-16,25H,7-9H2,1H3,(H,20,26)(H,21,27)(H,22,23)/t11-,15+,16+/m0/s1. The summed E-state index contributed by atoms with van der Waals surface area (Å²) in [7, 11) is 0. The van der Waals surface area contributed by atoms with Crippen molar-refractivity contribution in [3.05, 3.63) is 47.5 Å². The molecule has 3 atom stereocenters. The summed E-state index contributed by atoms with van der Waals surface area (Å²) in [5.74, 6) is -0.380. The SMILES string of the molecule is Cc1cc(CNC(=O)[C@@H]2C[C@@H](O)[C@H](NC(=O)c3n[nH]c4ccccc34)C2)on1. The van der Waals surface area contributed by atoms with Crippen LogP contribution in [0.2, 0.25) is 0 Å². The van der Waals surface area contributed by atoms with Crippen LogP contribution in [0.15, 0.2) is 34.9 Å². The van der Waals surface area contributed by atoms with E-state index >= 15 is 0 Å². The number of hydrogen-bond acceptors (Lipinski definition) is 6. The van der Waals surface area contributed by atoms with Crippen LogP contribution in [0.25, 0.3) is 10.9 Å². The zero-order valence-electron chi connectivity index (χ0n) is 15.3. The van der Waals surface area contributed by atoms with Gasteiger partial charge in [-0.1, -0.05) is 23.4 Å². The molecule has 0 radical (unpaired) electrons. The van der Waals surface area contributed by atoms with Gasteiger partial charge in [-0.05, 0) is 25.8 Å². The molecule has 0 saturated heterocycles. The van der Waals surface area contributed by atoms with Crippen LogP contribution in [0.4, 0.5) is 0 Å². The normalized spacial score (nSPS) is 21.7. The highest BCUT2D eigenvalue weighted by Gasteiger charge is 2.38. The van der Waals surface area contributed by atoms with Crippen molar-refractivity contribution in [2.75, 3.05) is 0 Å². The smallest absolute Gasteiger partial charge is 0.272 e. The van der Waals surface area contributed by atoms with Crippen molar-refractivity contribution in [3.8, 4) is 0 Å². The number of amides is 2. The summed E-state index contributed by atoms with van der Waals surface area (Å²) in [6, 6.07) is 8.56. The Balaban J connectivity index is 1.35. The fraction of sp³-hybridized carbons (Fsp3) is 0.368. The number of aliphatic hydroxyl groups excluding tert-OH is 1. The maximum atomic E-state index is 12.6. The van der Waals surface area contributed by atoms with Crippen LogP contribution in [0.5, 0.6) is 0 Å². The molecule has 3 aromatic rings. The molecule has 0 aliphatic heterocycles. The van der Waals surface area contributed by atoms with E-state index in [9.17, 15) is 14.7 Å². The maximum absolute atomic E-state index is 12.6. The Bertz CT molecular complexity index is 1010. The fourth-order valence-corrected chi connectivity index (χ4v) is 3.58. The molecule has 2 amide bonds. The molecule has 1 fully saturated rings. The highest BCUT2D eigenvalue weighted by Crippen LogP contribution is 2.27. The van der Waals surface area contributed by atoms with E-state index in [2.05, 4.69) is 26.0 Å². The summed E-state index contributed by atoms with van der Waals surface area (Å²) in [5.41, 5.74) is 1.78. The third-order valence-electron chi connectivity index (χ3n) is 5.02. The van der Waals surface area contributed by atoms with Crippen molar-refractivity contribution in [2.45, 2.75) is 38.5 Å². The van der Waals surface area contributed by atoms with Crippen LogP contribution in [0.3, 0.4) is 0 Å². The number of nitrogens with one attached hydrogen (secondary N) is 3. The third-order valence-corrected chi connectivity index (χ3v) is 5.02. The van der Waals surface area contributed by atoms with E-state index in [1.165, 1.54) is 0 Å². The van der Waals surface area contributed by atoms with Crippen LogP contribution >= 0.6 is 0 Å².